The van der Waals surface area contributed by atoms with Crippen molar-refractivity contribution in [2.24, 2.45) is 0 Å². The van der Waals surface area contributed by atoms with E-state index in [1.807, 2.05) is 20.8 Å². The van der Waals surface area contributed by atoms with E-state index >= 15 is 0 Å². The fourth-order valence-electron chi connectivity index (χ4n) is 2.42. The highest BCUT2D eigenvalue weighted by molar-refractivity contribution is 6.31. The number of amides is 1. The number of hydrogen-bond donors (Lipinski definition) is 0. The molecule has 0 fully saturated rings. The molecule has 0 aromatic carbocycles. The minimum atomic E-state index is 0.0218. The summed E-state index contributed by atoms with van der Waals surface area (Å²) >= 11 is 12.3. The van der Waals surface area contributed by atoms with Gasteiger partial charge in [-0.25, -0.2) is 0 Å². The van der Waals surface area contributed by atoms with Crippen LogP contribution in [0.15, 0.2) is 6.20 Å². The summed E-state index contributed by atoms with van der Waals surface area (Å²) in [7, 11) is 1.76. The summed E-state index contributed by atoms with van der Waals surface area (Å²) in [6.07, 6.45) is 1.96. The second kappa shape index (κ2) is 7.36. The van der Waals surface area contributed by atoms with Crippen LogP contribution in [0.1, 0.15) is 30.4 Å². The first kappa shape index (κ1) is 17.8. The highest BCUT2D eigenvalue weighted by Gasteiger charge is 2.16. The lowest BCUT2D eigenvalue weighted by atomic mass is 10.3. The van der Waals surface area contributed by atoms with E-state index in [4.69, 9.17) is 23.2 Å². The van der Waals surface area contributed by atoms with Gasteiger partial charge in [-0.05, 0) is 20.8 Å². The molecule has 8 heteroatoms. The summed E-state index contributed by atoms with van der Waals surface area (Å²) in [5, 5.41) is 9.76. The molecule has 0 atom stereocenters. The van der Waals surface area contributed by atoms with Crippen molar-refractivity contribution >= 4 is 29.1 Å². The summed E-state index contributed by atoms with van der Waals surface area (Å²) in [4.78, 5) is 14.0. The highest BCUT2D eigenvalue weighted by atomic mass is 35.5. The van der Waals surface area contributed by atoms with Gasteiger partial charge in [0.1, 0.15) is 0 Å². The van der Waals surface area contributed by atoms with Crippen LogP contribution in [0.5, 0.6) is 0 Å². The normalized spacial score (nSPS) is 11.0. The molecule has 23 heavy (non-hydrogen) atoms. The van der Waals surface area contributed by atoms with Crippen molar-refractivity contribution in [2.75, 3.05) is 7.05 Å². The van der Waals surface area contributed by atoms with Crippen LogP contribution in [0, 0.1) is 13.8 Å². The molecule has 6 nitrogen and oxygen atoms in total. The van der Waals surface area contributed by atoms with Crippen LogP contribution < -0.4 is 0 Å². The Balaban J connectivity index is 1.97. The average Bonchev–Trinajstić information content (AvgIpc) is 3.00. The van der Waals surface area contributed by atoms with E-state index in [-0.39, 0.29) is 5.91 Å². The molecule has 0 N–H and O–H groups in total. The number of nitrogens with zero attached hydrogens (tertiary/aromatic N) is 5. The summed E-state index contributed by atoms with van der Waals surface area (Å²) < 4.78 is 3.57. The molecule has 0 aliphatic heterocycles. The SMILES string of the molecule is CCn1ncc(Cl)c1CN(C)C(=O)CCn1nc(C)c(Cl)c1C. The number of rotatable bonds is 6. The van der Waals surface area contributed by atoms with Gasteiger partial charge in [0.15, 0.2) is 0 Å². The highest BCUT2D eigenvalue weighted by Crippen LogP contribution is 2.20. The molecule has 0 saturated carbocycles. The van der Waals surface area contributed by atoms with E-state index in [9.17, 15) is 4.79 Å². The van der Waals surface area contributed by atoms with E-state index in [1.54, 1.807) is 27.5 Å². The molecular formula is C15H21Cl2N5O. The third-order valence-electron chi connectivity index (χ3n) is 3.84. The van der Waals surface area contributed by atoms with Gasteiger partial charge >= 0.3 is 0 Å². The third-order valence-corrected chi connectivity index (χ3v) is 4.70. The Morgan fingerprint density at radius 3 is 2.57 bits per heavy atom. The summed E-state index contributed by atoms with van der Waals surface area (Å²) in [6, 6.07) is 0. The molecule has 1 amide bonds. The Kier molecular flexibility index (Phi) is 5.70. The molecular weight excluding hydrogens is 337 g/mol. The Morgan fingerprint density at radius 2 is 2.00 bits per heavy atom. The van der Waals surface area contributed by atoms with E-state index in [2.05, 4.69) is 10.2 Å². The largest absolute Gasteiger partial charge is 0.340 e. The second-order valence-electron chi connectivity index (χ2n) is 5.46. The average molecular weight is 358 g/mol. The molecule has 126 valence electrons. The van der Waals surface area contributed by atoms with Gasteiger partial charge < -0.3 is 4.90 Å². The van der Waals surface area contributed by atoms with E-state index < -0.39 is 0 Å². The maximum Gasteiger partial charge on any atom is 0.224 e. The van der Waals surface area contributed by atoms with Crippen LogP contribution in [0.2, 0.25) is 10.0 Å². The lowest BCUT2D eigenvalue weighted by molar-refractivity contribution is -0.130. The van der Waals surface area contributed by atoms with Crippen LogP contribution in [0.3, 0.4) is 0 Å². The quantitative estimate of drug-likeness (QED) is 0.798. The zero-order chi connectivity index (χ0) is 17.1. The number of carbonyl (C=O) groups is 1. The Morgan fingerprint density at radius 1 is 1.30 bits per heavy atom. The van der Waals surface area contributed by atoms with Crippen LogP contribution in [-0.2, 0) is 24.4 Å². The molecule has 2 rings (SSSR count). The van der Waals surface area contributed by atoms with E-state index in [0.29, 0.717) is 36.1 Å². The number of aromatic nitrogens is 4. The fourth-order valence-corrected chi connectivity index (χ4v) is 2.75. The summed E-state index contributed by atoms with van der Waals surface area (Å²) in [5.41, 5.74) is 2.51. The molecule has 0 unspecified atom stereocenters. The predicted molar refractivity (Wildman–Crippen MR) is 90.7 cm³/mol. The zero-order valence-corrected chi connectivity index (χ0v) is 15.3. The molecule has 0 aliphatic rings. The molecule has 0 radical (unpaired) electrons. The molecule has 0 aliphatic carbocycles. The van der Waals surface area contributed by atoms with Crippen LogP contribution in [0.25, 0.3) is 0 Å². The van der Waals surface area contributed by atoms with Crippen molar-refractivity contribution in [3.63, 3.8) is 0 Å². The first-order valence-electron chi connectivity index (χ1n) is 7.48. The van der Waals surface area contributed by atoms with Gasteiger partial charge in [0.25, 0.3) is 0 Å². The van der Waals surface area contributed by atoms with Gasteiger partial charge in [0.2, 0.25) is 5.91 Å². The van der Waals surface area contributed by atoms with Crippen molar-refractivity contribution in [3.05, 3.63) is 33.3 Å². The fraction of sp³-hybridized carbons (Fsp3) is 0.533. The van der Waals surface area contributed by atoms with E-state index in [1.165, 1.54) is 0 Å². The minimum absolute atomic E-state index is 0.0218. The number of carbonyl (C=O) groups excluding carboxylic acids is 1. The Hall–Kier alpha value is -1.53. The molecule has 0 saturated heterocycles. The first-order chi connectivity index (χ1) is 10.8. The monoisotopic (exact) mass is 357 g/mol. The summed E-state index contributed by atoms with van der Waals surface area (Å²) in [6.45, 7) is 7.39. The number of hydrogen-bond acceptors (Lipinski definition) is 3. The van der Waals surface area contributed by atoms with Gasteiger partial charge in [-0.1, -0.05) is 23.2 Å². The van der Waals surface area contributed by atoms with Crippen molar-refractivity contribution < 1.29 is 4.79 Å². The second-order valence-corrected chi connectivity index (χ2v) is 6.25. The van der Waals surface area contributed by atoms with E-state index in [0.717, 1.165) is 17.1 Å². The smallest absolute Gasteiger partial charge is 0.224 e. The Labute approximate surface area is 146 Å². The molecule has 0 bridgehead atoms. The van der Waals surface area contributed by atoms with Crippen molar-refractivity contribution in [1.29, 1.82) is 0 Å². The van der Waals surface area contributed by atoms with Gasteiger partial charge in [-0.2, -0.15) is 10.2 Å². The standard InChI is InChI=1S/C15H21Cl2N5O/c1-5-21-13(12(16)8-18-21)9-20(4)14(23)6-7-22-11(3)15(17)10(2)19-22/h8H,5-7,9H2,1-4H3. The number of halogens is 2. The van der Waals surface area contributed by atoms with Crippen LogP contribution in [0.4, 0.5) is 0 Å². The predicted octanol–water partition coefficient (Wildman–Crippen LogP) is 3.07. The first-order valence-corrected chi connectivity index (χ1v) is 8.24. The lowest BCUT2D eigenvalue weighted by Crippen LogP contribution is -2.28. The number of aryl methyl sites for hydroxylation is 3. The van der Waals surface area contributed by atoms with Gasteiger partial charge in [-0.15, -0.1) is 0 Å². The Bertz CT molecular complexity index is 707. The molecule has 2 heterocycles. The summed E-state index contributed by atoms with van der Waals surface area (Å²) in [5.74, 6) is 0.0218. The third kappa shape index (κ3) is 3.87. The van der Waals surface area contributed by atoms with Crippen LogP contribution in [-0.4, -0.2) is 37.4 Å². The van der Waals surface area contributed by atoms with Crippen molar-refractivity contribution in [1.82, 2.24) is 24.5 Å². The minimum Gasteiger partial charge on any atom is -0.340 e. The maximum absolute atomic E-state index is 12.3. The van der Waals surface area contributed by atoms with Gasteiger partial charge in [0, 0.05) is 20.0 Å². The molecule has 0 spiro atoms. The zero-order valence-electron chi connectivity index (χ0n) is 13.8. The maximum atomic E-state index is 12.3. The van der Waals surface area contributed by atoms with Crippen molar-refractivity contribution in [2.45, 2.75) is 46.8 Å². The van der Waals surface area contributed by atoms with Gasteiger partial charge in [-0.3, -0.25) is 14.2 Å². The lowest BCUT2D eigenvalue weighted by Gasteiger charge is -2.18. The molecule has 2 aromatic rings. The molecule has 2 aromatic heterocycles. The van der Waals surface area contributed by atoms with Crippen molar-refractivity contribution in [3.8, 4) is 0 Å². The van der Waals surface area contributed by atoms with Gasteiger partial charge in [0.05, 0.1) is 46.4 Å². The van der Waals surface area contributed by atoms with Crippen LogP contribution >= 0.6 is 23.2 Å². The topological polar surface area (TPSA) is 56.0 Å².